The van der Waals surface area contributed by atoms with Gasteiger partial charge < -0.3 is 4.90 Å². The van der Waals surface area contributed by atoms with Crippen LogP contribution in [-0.2, 0) is 0 Å². The Labute approximate surface area is 77.1 Å². The first-order valence-corrected chi connectivity index (χ1v) is 4.65. The van der Waals surface area contributed by atoms with Crippen LogP contribution in [0, 0.1) is 17.4 Å². The van der Waals surface area contributed by atoms with Crippen molar-refractivity contribution in [1.29, 1.82) is 0 Å². The second-order valence-corrected chi connectivity index (χ2v) is 4.45. The minimum atomic E-state index is 0.333. The fourth-order valence-electron chi connectivity index (χ4n) is 0.831. The topological polar surface area (TPSA) is 3.24 Å². The van der Waals surface area contributed by atoms with Gasteiger partial charge in [0, 0.05) is 26.1 Å². The van der Waals surface area contributed by atoms with Crippen LogP contribution in [0.1, 0.15) is 40.5 Å². The molecule has 12 heavy (non-hydrogen) atoms. The Morgan fingerprint density at radius 3 is 2.25 bits per heavy atom. The molecule has 0 radical (unpaired) electrons. The monoisotopic (exact) mass is 167 g/mol. The van der Waals surface area contributed by atoms with Gasteiger partial charge in [0.2, 0.25) is 0 Å². The Hall–Kier alpha value is -0.640. The van der Waals surface area contributed by atoms with Crippen molar-refractivity contribution in [2.75, 3.05) is 13.6 Å². The number of hydrogen-bond acceptors (Lipinski definition) is 1. The smallest absolute Gasteiger partial charge is 0.0254 e. The van der Waals surface area contributed by atoms with Crippen LogP contribution in [0.5, 0.6) is 0 Å². The van der Waals surface area contributed by atoms with Crippen molar-refractivity contribution < 1.29 is 0 Å². The summed E-state index contributed by atoms with van der Waals surface area (Å²) in [6.07, 6.45) is 2.14. The number of rotatable bonds is 2. The lowest BCUT2D eigenvalue weighted by Crippen LogP contribution is -2.12. The average molecular weight is 167 g/mol. The van der Waals surface area contributed by atoms with Crippen molar-refractivity contribution in [2.24, 2.45) is 5.41 Å². The van der Waals surface area contributed by atoms with E-state index >= 15 is 0 Å². The summed E-state index contributed by atoms with van der Waals surface area (Å²) >= 11 is 0. The molecule has 0 rings (SSSR count). The van der Waals surface area contributed by atoms with E-state index in [-0.39, 0.29) is 0 Å². The van der Waals surface area contributed by atoms with Gasteiger partial charge in [-0.1, -0.05) is 33.6 Å². The third-order valence-electron chi connectivity index (χ3n) is 1.45. The average Bonchev–Trinajstić information content (AvgIpc) is 1.84. The van der Waals surface area contributed by atoms with Gasteiger partial charge in [0.05, 0.1) is 0 Å². The molecule has 0 aliphatic rings. The van der Waals surface area contributed by atoms with Gasteiger partial charge in [0.1, 0.15) is 0 Å². The molecule has 0 bridgehead atoms. The Morgan fingerprint density at radius 1 is 1.25 bits per heavy atom. The van der Waals surface area contributed by atoms with Crippen molar-refractivity contribution in [3.8, 4) is 12.0 Å². The van der Waals surface area contributed by atoms with Crippen LogP contribution >= 0.6 is 0 Å². The zero-order valence-corrected chi connectivity index (χ0v) is 9.07. The van der Waals surface area contributed by atoms with Crippen LogP contribution < -0.4 is 0 Å². The molecule has 0 unspecified atom stereocenters. The van der Waals surface area contributed by atoms with Crippen LogP contribution in [0.15, 0.2) is 0 Å². The Balaban J connectivity index is 3.73. The SMILES string of the molecule is CCCN(C)C#CCC(C)(C)C. The van der Waals surface area contributed by atoms with E-state index in [9.17, 15) is 0 Å². The van der Waals surface area contributed by atoms with Gasteiger partial charge in [-0.2, -0.15) is 0 Å². The van der Waals surface area contributed by atoms with Gasteiger partial charge in [0.15, 0.2) is 0 Å². The lowest BCUT2D eigenvalue weighted by molar-refractivity contribution is 0.424. The summed E-state index contributed by atoms with van der Waals surface area (Å²) < 4.78 is 0. The fourth-order valence-corrected chi connectivity index (χ4v) is 0.831. The molecule has 0 saturated heterocycles. The van der Waals surface area contributed by atoms with E-state index in [0.29, 0.717) is 5.41 Å². The van der Waals surface area contributed by atoms with E-state index < -0.39 is 0 Å². The van der Waals surface area contributed by atoms with Gasteiger partial charge >= 0.3 is 0 Å². The molecule has 0 N–H and O–H groups in total. The molecular formula is C11H21N. The number of nitrogens with zero attached hydrogens (tertiary/aromatic N) is 1. The first-order valence-electron chi connectivity index (χ1n) is 4.65. The zero-order valence-electron chi connectivity index (χ0n) is 9.07. The lowest BCUT2D eigenvalue weighted by Gasteiger charge is -2.13. The quantitative estimate of drug-likeness (QED) is 0.451. The first-order chi connectivity index (χ1) is 5.45. The van der Waals surface area contributed by atoms with Gasteiger partial charge in [-0.05, 0) is 11.8 Å². The minimum Gasteiger partial charge on any atom is -0.336 e. The summed E-state index contributed by atoms with van der Waals surface area (Å²) in [5.74, 6) is 3.19. The van der Waals surface area contributed by atoms with Gasteiger partial charge in [-0.3, -0.25) is 0 Å². The van der Waals surface area contributed by atoms with E-state index in [4.69, 9.17) is 0 Å². The number of hydrogen-bond donors (Lipinski definition) is 0. The highest BCUT2D eigenvalue weighted by Gasteiger charge is 2.06. The standard InChI is InChI=1S/C11H21N/c1-6-9-12(5)10-7-8-11(2,3)4/h6,8-9H2,1-5H3. The molecule has 1 heteroatoms. The highest BCUT2D eigenvalue weighted by Crippen LogP contribution is 2.16. The third-order valence-corrected chi connectivity index (χ3v) is 1.45. The highest BCUT2D eigenvalue weighted by atomic mass is 15.1. The summed E-state index contributed by atoms with van der Waals surface area (Å²) in [5, 5.41) is 0. The first kappa shape index (κ1) is 11.4. The molecule has 0 aliphatic carbocycles. The Bertz CT molecular complexity index is 166. The lowest BCUT2D eigenvalue weighted by atomic mass is 9.93. The highest BCUT2D eigenvalue weighted by molar-refractivity contribution is 4.99. The normalized spacial score (nSPS) is 10.4. The van der Waals surface area contributed by atoms with Crippen molar-refractivity contribution in [3.05, 3.63) is 0 Å². The van der Waals surface area contributed by atoms with Gasteiger partial charge in [-0.15, -0.1) is 0 Å². The molecule has 0 aromatic rings. The van der Waals surface area contributed by atoms with Crippen LogP contribution in [-0.4, -0.2) is 18.5 Å². The maximum atomic E-state index is 3.19. The van der Waals surface area contributed by atoms with E-state index in [1.54, 1.807) is 0 Å². The van der Waals surface area contributed by atoms with E-state index in [1.807, 2.05) is 7.05 Å². The largest absolute Gasteiger partial charge is 0.336 e. The van der Waals surface area contributed by atoms with E-state index in [1.165, 1.54) is 6.42 Å². The molecular weight excluding hydrogens is 146 g/mol. The Kier molecular flexibility index (Phi) is 4.81. The maximum Gasteiger partial charge on any atom is 0.0254 e. The van der Waals surface area contributed by atoms with Gasteiger partial charge in [0.25, 0.3) is 0 Å². The molecule has 0 atom stereocenters. The van der Waals surface area contributed by atoms with E-state index in [0.717, 1.165) is 13.0 Å². The molecule has 0 aromatic carbocycles. The van der Waals surface area contributed by atoms with Crippen LogP contribution in [0.25, 0.3) is 0 Å². The second kappa shape index (κ2) is 5.09. The van der Waals surface area contributed by atoms with Crippen molar-refractivity contribution in [2.45, 2.75) is 40.5 Å². The zero-order chi connectivity index (χ0) is 9.61. The third kappa shape index (κ3) is 7.47. The molecule has 0 aliphatic heterocycles. The maximum absolute atomic E-state index is 3.19. The predicted molar refractivity (Wildman–Crippen MR) is 54.8 cm³/mol. The van der Waals surface area contributed by atoms with Crippen molar-refractivity contribution in [1.82, 2.24) is 4.90 Å². The predicted octanol–water partition coefficient (Wildman–Crippen LogP) is 2.73. The molecule has 0 heterocycles. The second-order valence-electron chi connectivity index (χ2n) is 4.45. The molecule has 0 spiro atoms. The fraction of sp³-hybridized carbons (Fsp3) is 0.818. The summed E-state index contributed by atoms with van der Waals surface area (Å²) in [6, 6.07) is 3.12. The molecule has 0 saturated carbocycles. The van der Waals surface area contributed by atoms with Crippen molar-refractivity contribution >= 4 is 0 Å². The summed E-state index contributed by atoms with van der Waals surface area (Å²) in [4.78, 5) is 2.06. The molecule has 70 valence electrons. The van der Waals surface area contributed by atoms with Crippen LogP contribution in [0.3, 0.4) is 0 Å². The minimum absolute atomic E-state index is 0.333. The van der Waals surface area contributed by atoms with Crippen LogP contribution in [0.4, 0.5) is 0 Å². The summed E-state index contributed by atoms with van der Waals surface area (Å²) in [5.41, 5.74) is 0.333. The molecule has 0 amide bonds. The van der Waals surface area contributed by atoms with Gasteiger partial charge in [-0.25, -0.2) is 0 Å². The van der Waals surface area contributed by atoms with Crippen molar-refractivity contribution in [3.63, 3.8) is 0 Å². The molecule has 0 fully saturated rings. The Morgan fingerprint density at radius 2 is 1.83 bits per heavy atom. The van der Waals surface area contributed by atoms with Crippen LogP contribution in [0.2, 0.25) is 0 Å². The molecule has 0 aromatic heterocycles. The molecule has 1 nitrogen and oxygen atoms in total. The summed E-state index contributed by atoms with van der Waals surface area (Å²) in [6.45, 7) is 9.86. The van der Waals surface area contributed by atoms with E-state index in [2.05, 4.69) is 44.6 Å². The summed E-state index contributed by atoms with van der Waals surface area (Å²) in [7, 11) is 2.04.